The molecule has 3 aromatic rings. The summed E-state index contributed by atoms with van der Waals surface area (Å²) >= 11 is 13.5. The summed E-state index contributed by atoms with van der Waals surface area (Å²) in [7, 11) is 0. The third kappa shape index (κ3) is 5.46. The fraction of sp³-hybridized carbons (Fsp3) is 0.158. The number of carbonyl (C=O) groups is 1. The van der Waals surface area contributed by atoms with Gasteiger partial charge in [0.2, 0.25) is 0 Å². The van der Waals surface area contributed by atoms with Crippen molar-refractivity contribution in [3.05, 3.63) is 80.2 Å². The van der Waals surface area contributed by atoms with Crippen LogP contribution in [-0.4, -0.2) is 17.5 Å². The number of hydrogen-bond acceptors (Lipinski definition) is 4. The van der Waals surface area contributed by atoms with Crippen LogP contribution in [0.15, 0.2) is 53.9 Å². The molecule has 1 amide bonds. The average molecular weight is 407 g/mol. The van der Waals surface area contributed by atoms with E-state index in [9.17, 15) is 4.79 Å². The van der Waals surface area contributed by atoms with Gasteiger partial charge in [0.05, 0.1) is 22.3 Å². The van der Waals surface area contributed by atoms with E-state index >= 15 is 0 Å². The molecule has 0 atom stereocenters. The van der Waals surface area contributed by atoms with E-state index in [4.69, 9.17) is 27.9 Å². The maximum Gasteiger partial charge on any atom is 0.258 e. The van der Waals surface area contributed by atoms with E-state index in [1.165, 1.54) is 5.56 Å². The lowest BCUT2D eigenvalue weighted by atomic mass is 10.2. The van der Waals surface area contributed by atoms with Gasteiger partial charge in [-0.05, 0) is 17.7 Å². The largest absolute Gasteiger partial charge is 0.482 e. The molecule has 1 heterocycles. The summed E-state index contributed by atoms with van der Waals surface area (Å²) < 4.78 is 5.41. The fourth-order valence-corrected chi connectivity index (χ4v) is 3.42. The second kappa shape index (κ2) is 9.03. The third-order valence-electron chi connectivity index (χ3n) is 3.52. The van der Waals surface area contributed by atoms with E-state index in [1.807, 2.05) is 23.6 Å². The number of rotatable bonds is 7. The van der Waals surface area contributed by atoms with Crippen LogP contribution < -0.4 is 10.1 Å². The third-order valence-corrected chi connectivity index (χ3v) is 4.96. The molecule has 0 aliphatic heterocycles. The molecule has 0 aliphatic carbocycles. The van der Waals surface area contributed by atoms with Gasteiger partial charge in [-0.2, -0.15) is 0 Å². The highest BCUT2D eigenvalue weighted by Gasteiger charge is 2.08. The molecule has 0 saturated heterocycles. The summed E-state index contributed by atoms with van der Waals surface area (Å²) in [6.45, 7) is 0.220. The summed E-state index contributed by atoms with van der Waals surface area (Å²) in [5.74, 6) is 0.131. The lowest BCUT2D eigenvalue weighted by Crippen LogP contribution is -2.28. The van der Waals surface area contributed by atoms with Gasteiger partial charge in [-0.1, -0.05) is 53.5 Å². The number of thiazole rings is 1. The molecule has 134 valence electrons. The van der Waals surface area contributed by atoms with Crippen LogP contribution in [0.2, 0.25) is 10.0 Å². The van der Waals surface area contributed by atoms with Crippen molar-refractivity contribution in [2.24, 2.45) is 0 Å². The minimum absolute atomic E-state index is 0.138. The van der Waals surface area contributed by atoms with E-state index < -0.39 is 0 Å². The predicted molar refractivity (Wildman–Crippen MR) is 105 cm³/mol. The van der Waals surface area contributed by atoms with E-state index in [0.717, 1.165) is 17.1 Å². The van der Waals surface area contributed by atoms with Crippen molar-refractivity contribution >= 4 is 40.4 Å². The topological polar surface area (TPSA) is 51.2 Å². The van der Waals surface area contributed by atoms with E-state index in [1.54, 1.807) is 29.5 Å². The van der Waals surface area contributed by atoms with Crippen LogP contribution in [0, 0.1) is 0 Å². The number of hydrogen-bond donors (Lipinski definition) is 1. The Morgan fingerprint density at radius 3 is 2.77 bits per heavy atom. The predicted octanol–water partition coefficient (Wildman–Crippen LogP) is 4.74. The minimum atomic E-state index is -0.251. The molecule has 2 aromatic carbocycles. The van der Waals surface area contributed by atoms with Crippen molar-refractivity contribution in [3.63, 3.8) is 0 Å². The first-order valence-electron chi connectivity index (χ1n) is 7.92. The molecule has 0 saturated carbocycles. The van der Waals surface area contributed by atoms with Crippen LogP contribution >= 0.6 is 34.5 Å². The summed E-state index contributed by atoms with van der Waals surface area (Å²) in [5, 5.41) is 6.66. The van der Waals surface area contributed by atoms with Crippen LogP contribution in [0.1, 0.15) is 16.3 Å². The Labute approximate surface area is 165 Å². The molecule has 0 radical (unpaired) electrons. The highest BCUT2D eigenvalue weighted by atomic mass is 35.5. The van der Waals surface area contributed by atoms with Crippen LogP contribution in [0.5, 0.6) is 5.75 Å². The van der Waals surface area contributed by atoms with Crippen LogP contribution in [0.25, 0.3) is 0 Å². The van der Waals surface area contributed by atoms with Crippen molar-refractivity contribution in [2.45, 2.75) is 13.0 Å². The molecule has 0 aliphatic rings. The van der Waals surface area contributed by atoms with Gasteiger partial charge in [-0.25, -0.2) is 4.98 Å². The Bertz CT molecular complexity index is 884. The van der Waals surface area contributed by atoms with Gasteiger partial charge in [0.15, 0.2) is 6.61 Å². The first kappa shape index (κ1) is 18.7. The number of benzene rings is 2. The van der Waals surface area contributed by atoms with E-state index in [0.29, 0.717) is 22.3 Å². The number of halogens is 2. The number of amides is 1. The maximum absolute atomic E-state index is 11.9. The van der Waals surface area contributed by atoms with Crippen LogP contribution in [0.4, 0.5) is 0 Å². The van der Waals surface area contributed by atoms with Crippen molar-refractivity contribution in [1.29, 1.82) is 0 Å². The first-order chi connectivity index (χ1) is 12.6. The zero-order valence-electron chi connectivity index (χ0n) is 13.7. The Morgan fingerprint density at radius 2 is 1.96 bits per heavy atom. The SMILES string of the molecule is O=C(COc1cc(Cl)ccc1Cl)NCc1csc(Cc2ccccc2)n1. The zero-order chi connectivity index (χ0) is 18.4. The number of nitrogens with zero attached hydrogens (tertiary/aromatic N) is 1. The summed E-state index contributed by atoms with van der Waals surface area (Å²) in [5.41, 5.74) is 2.04. The van der Waals surface area contributed by atoms with Gasteiger partial charge in [-0.3, -0.25) is 4.79 Å². The maximum atomic E-state index is 11.9. The minimum Gasteiger partial charge on any atom is -0.482 e. The second-order valence-electron chi connectivity index (χ2n) is 5.54. The molecule has 0 bridgehead atoms. The van der Waals surface area contributed by atoms with Crippen molar-refractivity contribution in [2.75, 3.05) is 6.61 Å². The summed E-state index contributed by atoms with van der Waals surface area (Å²) in [6, 6.07) is 15.0. The Morgan fingerprint density at radius 1 is 1.15 bits per heavy atom. The lowest BCUT2D eigenvalue weighted by Gasteiger charge is -2.08. The Hall–Kier alpha value is -2.08. The summed E-state index contributed by atoms with van der Waals surface area (Å²) in [6.07, 6.45) is 0.788. The highest BCUT2D eigenvalue weighted by molar-refractivity contribution is 7.09. The summed E-state index contributed by atoms with van der Waals surface area (Å²) in [4.78, 5) is 16.5. The van der Waals surface area contributed by atoms with E-state index in [2.05, 4.69) is 22.4 Å². The molecule has 4 nitrogen and oxygen atoms in total. The Kier molecular flexibility index (Phi) is 6.50. The molecule has 7 heteroatoms. The monoisotopic (exact) mass is 406 g/mol. The molecular weight excluding hydrogens is 391 g/mol. The quantitative estimate of drug-likeness (QED) is 0.616. The standard InChI is InChI=1S/C19H16Cl2N2O2S/c20-14-6-7-16(21)17(9-14)25-11-18(24)22-10-15-12-26-19(23-15)8-13-4-2-1-3-5-13/h1-7,9,12H,8,10-11H2,(H,22,24). The number of ether oxygens (including phenoxy) is 1. The van der Waals surface area contributed by atoms with Gasteiger partial charge in [0, 0.05) is 22.9 Å². The normalized spacial score (nSPS) is 10.5. The Balaban J connectivity index is 1.47. The molecular formula is C19H16Cl2N2O2S. The smallest absolute Gasteiger partial charge is 0.258 e. The highest BCUT2D eigenvalue weighted by Crippen LogP contribution is 2.27. The number of aromatic nitrogens is 1. The first-order valence-corrected chi connectivity index (χ1v) is 9.55. The molecule has 0 unspecified atom stereocenters. The van der Waals surface area contributed by atoms with Crippen molar-refractivity contribution < 1.29 is 9.53 Å². The zero-order valence-corrected chi connectivity index (χ0v) is 16.1. The van der Waals surface area contributed by atoms with Gasteiger partial charge < -0.3 is 10.1 Å². The number of carbonyl (C=O) groups excluding carboxylic acids is 1. The molecule has 0 fully saturated rings. The van der Waals surface area contributed by atoms with Crippen molar-refractivity contribution in [1.82, 2.24) is 10.3 Å². The molecule has 26 heavy (non-hydrogen) atoms. The van der Waals surface area contributed by atoms with Gasteiger partial charge in [0.1, 0.15) is 5.75 Å². The van der Waals surface area contributed by atoms with Crippen LogP contribution in [-0.2, 0) is 17.8 Å². The lowest BCUT2D eigenvalue weighted by molar-refractivity contribution is -0.123. The van der Waals surface area contributed by atoms with Crippen molar-refractivity contribution in [3.8, 4) is 5.75 Å². The van der Waals surface area contributed by atoms with Gasteiger partial charge >= 0.3 is 0 Å². The van der Waals surface area contributed by atoms with Gasteiger partial charge in [0.25, 0.3) is 5.91 Å². The number of nitrogens with one attached hydrogen (secondary N) is 1. The average Bonchev–Trinajstić information content (AvgIpc) is 3.09. The fourth-order valence-electron chi connectivity index (χ4n) is 2.25. The molecule has 3 rings (SSSR count). The van der Waals surface area contributed by atoms with E-state index in [-0.39, 0.29) is 12.5 Å². The van der Waals surface area contributed by atoms with Crippen LogP contribution in [0.3, 0.4) is 0 Å². The molecule has 1 N–H and O–H groups in total. The second-order valence-corrected chi connectivity index (χ2v) is 7.32. The van der Waals surface area contributed by atoms with Gasteiger partial charge in [-0.15, -0.1) is 11.3 Å². The molecule has 0 spiro atoms. The molecule has 1 aromatic heterocycles.